The zero-order chi connectivity index (χ0) is 15.4. The molecule has 22 heavy (non-hydrogen) atoms. The maximum Gasteiger partial charge on any atom is 0.317 e. The Morgan fingerprint density at radius 2 is 2.00 bits per heavy atom. The molecule has 5 heteroatoms. The maximum atomic E-state index is 12.2. The highest BCUT2D eigenvalue weighted by Crippen LogP contribution is 2.17. The molecule has 1 saturated heterocycles. The summed E-state index contributed by atoms with van der Waals surface area (Å²) in [5, 5.41) is 4.29. The summed E-state index contributed by atoms with van der Waals surface area (Å²) >= 11 is 0. The van der Waals surface area contributed by atoms with E-state index in [0.717, 1.165) is 44.7 Å². The first-order valence-electron chi connectivity index (χ1n) is 8.08. The summed E-state index contributed by atoms with van der Waals surface area (Å²) < 4.78 is 0. The monoisotopic (exact) mass is 300 g/mol. The number of urea groups is 1. The Balaban J connectivity index is 1.48. The molecule has 1 fully saturated rings. The van der Waals surface area contributed by atoms with E-state index in [0.29, 0.717) is 6.54 Å². The predicted octanol–water partition coefficient (Wildman–Crippen LogP) is 2.06. The third-order valence-electron chi connectivity index (χ3n) is 4.45. The highest BCUT2D eigenvalue weighted by Gasteiger charge is 2.19. The molecule has 2 heterocycles. The summed E-state index contributed by atoms with van der Waals surface area (Å²) in [5.41, 5.74) is 2.41. The number of carbonyl (C=O) groups excluding carboxylic acids is 1. The van der Waals surface area contributed by atoms with Gasteiger partial charge in [0.1, 0.15) is 0 Å². The molecule has 0 bridgehead atoms. The molecule has 2 N–H and O–H groups in total. The Morgan fingerprint density at radius 1 is 1.23 bits per heavy atom. The van der Waals surface area contributed by atoms with Crippen LogP contribution in [-0.2, 0) is 6.42 Å². The summed E-state index contributed by atoms with van der Waals surface area (Å²) in [6, 6.07) is 8.33. The molecule has 0 radical (unpaired) electrons. The Bertz CT molecular complexity index is 628. The Labute approximate surface area is 131 Å². The van der Waals surface area contributed by atoms with Crippen LogP contribution in [0.25, 0.3) is 10.9 Å². The standard InChI is InChI=1S/C17H24N4O/c1-2-20-9-11-21(12-10-20)17(22)18-8-7-14-13-19-16-6-4-3-5-15(14)16/h3-6,13,19H,2,7-12H2,1H3,(H,18,22). The Hall–Kier alpha value is -2.01. The van der Waals surface area contributed by atoms with Gasteiger partial charge in [0.05, 0.1) is 0 Å². The van der Waals surface area contributed by atoms with E-state index >= 15 is 0 Å². The average molecular weight is 300 g/mol. The number of hydrogen-bond donors (Lipinski definition) is 2. The van der Waals surface area contributed by atoms with Gasteiger partial charge in [-0.3, -0.25) is 0 Å². The highest BCUT2D eigenvalue weighted by molar-refractivity contribution is 5.83. The lowest BCUT2D eigenvalue weighted by Gasteiger charge is -2.34. The SMILES string of the molecule is CCN1CCN(C(=O)NCCc2c[nH]c3ccccc23)CC1. The number of piperazine rings is 1. The first-order valence-corrected chi connectivity index (χ1v) is 8.08. The van der Waals surface area contributed by atoms with Crippen molar-refractivity contribution in [3.63, 3.8) is 0 Å². The fourth-order valence-corrected chi connectivity index (χ4v) is 3.02. The lowest BCUT2D eigenvalue weighted by molar-refractivity contribution is 0.143. The molecule has 0 spiro atoms. The molecule has 1 aliphatic heterocycles. The van der Waals surface area contributed by atoms with E-state index in [1.165, 1.54) is 10.9 Å². The number of carbonyl (C=O) groups is 1. The highest BCUT2D eigenvalue weighted by atomic mass is 16.2. The van der Waals surface area contributed by atoms with E-state index in [1.807, 2.05) is 23.2 Å². The molecule has 1 aliphatic rings. The molecule has 3 rings (SSSR count). The van der Waals surface area contributed by atoms with Gasteiger partial charge in [-0.1, -0.05) is 25.1 Å². The molecule has 5 nitrogen and oxygen atoms in total. The van der Waals surface area contributed by atoms with Crippen LogP contribution in [0.2, 0.25) is 0 Å². The number of hydrogen-bond acceptors (Lipinski definition) is 2. The normalized spacial score (nSPS) is 16.1. The summed E-state index contributed by atoms with van der Waals surface area (Å²) in [7, 11) is 0. The van der Waals surface area contributed by atoms with Crippen LogP contribution in [0.3, 0.4) is 0 Å². The molecule has 1 aromatic carbocycles. The zero-order valence-corrected chi connectivity index (χ0v) is 13.1. The van der Waals surface area contributed by atoms with Gasteiger partial charge in [0.15, 0.2) is 0 Å². The van der Waals surface area contributed by atoms with Crippen LogP contribution in [0.1, 0.15) is 12.5 Å². The van der Waals surface area contributed by atoms with Gasteiger partial charge in [0, 0.05) is 49.8 Å². The summed E-state index contributed by atoms with van der Waals surface area (Å²) in [4.78, 5) is 19.7. The molecular formula is C17H24N4O. The molecule has 0 saturated carbocycles. The van der Waals surface area contributed by atoms with Crippen molar-refractivity contribution in [2.24, 2.45) is 0 Å². The molecule has 0 unspecified atom stereocenters. The third-order valence-corrected chi connectivity index (χ3v) is 4.45. The second-order valence-corrected chi connectivity index (χ2v) is 5.76. The van der Waals surface area contributed by atoms with E-state index in [1.54, 1.807) is 0 Å². The van der Waals surface area contributed by atoms with Crippen LogP contribution < -0.4 is 5.32 Å². The number of nitrogens with one attached hydrogen (secondary N) is 2. The summed E-state index contributed by atoms with van der Waals surface area (Å²) in [5.74, 6) is 0. The Morgan fingerprint density at radius 3 is 2.77 bits per heavy atom. The number of H-pyrrole nitrogens is 1. The average Bonchev–Trinajstić information content (AvgIpc) is 2.98. The van der Waals surface area contributed by atoms with E-state index in [2.05, 4.69) is 34.3 Å². The first kappa shape index (κ1) is 14.9. The number of benzene rings is 1. The van der Waals surface area contributed by atoms with Crippen molar-refractivity contribution in [1.82, 2.24) is 20.1 Å². The quantitative estimate of drug-likeness (QED) is 0.908. The van der Waals surface area contributed by atoms with Gasteiger partial charge >= 0.3 is 6.03 Å². The number of amides is 2. The van der Waals surface area contributed by atoms with E-state index < -0.39 is 0 Å². The van der Waals surface area contributed by atoms with Crippen LogP contribution >= 0.6 is 0 Å². The number of aromatic nitrogens is 1. The van der Waals surface area contributed by atoms with Crippen molar-refractivity contribution in [3.8, 4) is 0 Å². The van der Waals surface area contributed by atoms with Gasteiger partial charge in [0.2, 0.25) is 0 Å². The number of fused-ring (bicyclic) bond motifs is 1. The molecule has 0 aliphatic carbocycles. The van der Waals surface area contributed by atoms with Crippen molar-refractivity contribution >= 4 is 16.9 Å². The van der Waals surface area contributed by atoms with Crippen molar-refractivity contribution in [3.05, 3.63) is 36.0 Å². The van der Waals surface area contributed by atoms with Crippen LogP contribution in [0.5, 0.6) is 0 Å². The predicted molar refractivity (Wildman–Crippen MR) is 89.1 cm³/mol. The van der Waals surface area contributed by atoms with Crippen LogP contribution in [0, 0.1) is 0 Å². The Kier molecular flexibility index (Phi) is 4.63. The fourth-order valence-electron chi connectivity index (χ4n) is 3.02. The smallest absolute Gasteiger partial charge is 0.317 e. The third kappa shape index (κ3) is 3.25. The van der Waals surface area contributed by atoms with Crippen LogP contribution in [0.15, 0.2) is 30.5 Å². The van der Waals surface area contributed by atoms with Crippen LogP contribution in [-0.4, -0.2) is 60.1 Å². The number of aromatic amines is 1. The van der Waals surface area contributed by atoms with Gasteiger partial charge in [0.25, 0.3) is 0 Å². The van der Waals surface area contributed by atoms with E-state index in [4.69, 9.17) is 0 Å². The van der Waals surface area contributed by atoms with Crippen molar-refractivity contribution in [1.29, 1.82) is 0 Å². The maximum absolute atomic E-state index is 12.2. The number of para-hydroxylation sites is 1. The van der Waals surface area contributed by atoms with Crippen molar-refractivity contribution in [2.75, 3.05) is 39.3 Å². The molecular weight excluding hydrogens is 276 g/mol. The second kappa shape index (κ2) is 6.83. The van der Waals surface area contributed by atoms with Crippen molar-refractivity contribution < 1.29 is 4.79 Å². The van der Waals surface area contributed by atoms with E-state index in [9.17, 15) is 4.79 Å². The van der Waals surface area contributed by atoms with Crippen LogP contribution in [0.4, 0.5) is 4.79 Å². The number of likely N-dealkylation sites (N-methyl/N-ethyl adjacent to an activating group) is 1. The summed E-state index contributed by atoms with van der Waals surface area (Å²) in [6.07, 6.45) is 2.89. The van der Waals surface area contributed by atoms with Gasteiger partial charge in [-0.05, 0) is 24.6 Å². The molecule has 118 valence electrons. The fraction of sp³-hybridized carbons (Fsp3) is 0.471. The second-order valence-electron chi connectivity index (χ2n) is 5.76. The lowest BCUT2D eigenvalue weighted by Crippen LogP contribution is -2.51. The topological polar surface area (TPSA) is 51.4 Å². The first-order chi connectivity index (χ1) is 10.8. The minimum absolute atomic E-state index is 0.0654. The molecule has 0 atom stereocenters. The number of rotatable bonds is 4. The molecule has 2 amide bonds. The van der Waals surface area contributed by atoms with Crippen molar-refractivity contribution in [2.45, 2.75) is 13.3 Å². The largest absolute Gasteiger partial charge is 0.361 e. The summed E-state index contributed by atoms with van der Waals surface area (Å²) in [6.45, 7) is 7.51. The zero-order valence-electron chi connectivity index (χ0n) is 13.1. The minimum atomic E-state index is 0.0654. The van der Waals surface area contributed by atoms with Gasteiger partial charge in [-0.2, -0.15) is 0 Å². The van der Waals surface area contributed by atoms with Gasteiger partial charge in [-0.15, -0.1) is 0 Å². The van der Waals surface area contributed by atoms with E-state index in [-0.39, 0.29) is 6.03 Å². The lowest BCUT2D eigenvalue weighted by atomic mass is 10.1. The van der Waals surface area contributed by atoms with Gasteiger partial charge < -0.3 is 20.1 Å². The number of nitrogens with zero attached hydrogens (tertiary/aromatic N) is 2. The molecule has 2 aromatic rings. The minimum Gasteiger partial charge on any atom is -0.361 e. The molecule has 1 aromatic heterocycles. The van der Waals surface area contributed by atoms with Gasteiger partial charge in [-0.25, -0.2) is 4.79 Å².